The highest BCUT2D eigenvalue weighted by molar-refractivity contribution is 9.10. The summed E-state index contributed by atoms with van der Waals surface area (Å²) in [6.45, 7) is 0.444. The van der Waals surface area contributed by atoms with E-state index < -0.39 is 56.7 Å². The van der Waals surface area contributed by atoms with Crippen LogP contribution in [0.15, 0.2) is 16.7 Å². The van der Waals surface area contributed by atoms with Gasteiger partial charge in [-0.1, -0.05) is 0 Å². The van der Waals surface area contributed by atoms with Gasteiger partial charge in [0.25, 0.3) is 5.92 Å². The first-order chi connectivity index (χ1) is 11.4. The van der Waals surface area contributed by atoms with Gasteiger partial charge in [-0.2, -0.15) is 13.2 Å². The first-order valence-corrected chi connectivity index (χ1v) is 7.28. The molecule has 2 rings (SSSR count). The van der Waals surface area contributed by atoms with E-state index in [2.05, 4.69) is 25.7 Å². The molecule has 0 saturated heterocycles. The van der Waals surface area contributed by atoms with E-state index in [0.29, 0.717) is 19.1 Å². The van der Waals surface area contributed by atoms with E-state index in [1.165, 1.54) is 0 Å². The zero-order valence-corrected chi connectivity index (χ0v) is 14.2. The Morgan fingerprint density at radius 3 is 2.28 bits per heavy atom. The molecule has 1 aromatic carbocycles. The maximum atomic E-state index is 14.2. The zero-order chi connectivity index (χ0) is 19.2. The van der Waals surface area contributed by atoms with Crippen LogP contribution in [0.4, 0.5) is 26.3 Å². The van der Waals surface area contributed by atoms with Gasteiger partial charge in [-0.3, -0.25) is 0 Å². The SMILES string of the molecule is COC(=O)c1cc(-c2nc(Br)c(C(F)(F)F)[nH]2)c(F)cc1C(C)(F)F. The second-order valence-electron chi connectivity index (χ2n) is 5.01. The molecular formula is C14H9BrF6N2O2. The molecule has 2 aromatic rings. The summed E-state index contributed by atoms with van der Waals surface area (Å²) in [4.78, 5) is 17.1. The Balaban J connectivity index is 2.70. The van der Waals surface area contributed by atoms with Crippen molar-refractivity contribution in [3.63, 3.8) is 0 Å². The molecule has 1 heterocycles. The summed E-state index contributed by atoms with van der Waals surface area (Å²) in [5.74, 6) is -6.64. The van der Waals surface area contributed by atoms with Gasteiger partial charge in [0.1, 0.15) is 16.2 Å². The number of hydrogen-bond donors (Lipinski definition) is 1. The summed E-state index contributed by atoms with van der Waals surface area (Å²) >= 11 is 2.59. The highest BCUT2D eigenvalue weighted by atomic mass is 79.9. The third-order valence-corrected chi connectivity index (χ3v) is 3.76. The van der Waals surface area contributed by atoms with E-state index in [1.807, 2.05) is 4.98 Å². The number of carbonyl (C=O) groups excluding carboxylic acids is 1. The molecule has 0 aliphatic carbocycles. The molecule has 25 heavy (non-hydrogen) atoms. The Morgan fingerprint density at radius 1 is 1.24 bits per heavy atom. The maximum absolute atomic E-state index is 14.2. The van der Waals surface area contributed by atoms with Crippen LogP contribution < -0.4 is 0 Å². The number of esters is 1. The van der Waals surface area contributed by atoms with E-state index in [0.717, 1.165) is 7.11 Å². The fourth-order valence-corrected chi connectivity index (χ4v) is 2.57. The quantitative estimate of drug-likeness (QED) is 0.556. The average molecular weight is 431 g/mol. The van der Waals surface area contributed by atoms with Crippen LogP contribution in [0.5, 0.6) is 0 Å². The van der Waals surface area contributed by atoms with Crippen LogP contribution in [0.2, 0.25) is 0 Å². The van der Waals surface area contributed by atoms with E-state index >= 15 is 0 Å². The van der Waals surface area contributed by atoms with Crippen molar-refractivity contribution in [1.82, 2.24) is 9.97 Å². The minimum Gasteiger partial charge on any atom is -0.465 e. The Labute approximate surface area is 145 Å². The third kappa shape index (κ3) is 3.80. The number of imidazole rings is 1. The van der Waals surface area contributed by atoms with Crippen LogP contribution in [0.25, 0.3) is 11.4 Å². The van der Waals surface area contributed by atoms with E-state index in [9.17, 15) is 31.1 Å². The van der Waals surface area contributed by atoms with Gasteiger partial charge in [-0.05, 0) is 28.1 Å². The van der Waals surface area contributed by atoms with Crippen molar-refractivity contribution in [2.45, 2.75) is 19.0 Å². The number of aromatic amines is 1. The first-order valence-electron chi connectivity index (χ1n) is 6.49. The van der Waals surface area contributed by atoms with Crippen molar-refractivity contribution in [2.24, 2.45) is 0 Å². The van der Waals surface area contributed by atoms with Gasteiger partial charge in [-0.25, -0.2) is 22.9 Å². The average Bonchev–Trinajstić information content (AvgIpc) is 2.87. The van der Waals surface area contributed by atoms with Crippen molar-refractivity contribution in [3.8, 4) is 11.4 Å². The molecule has 0 bridgehead atoms. The molecule has 0 unspecified atom stereocenters. The molecule has 11 heteroatoms. The number of ether oxygens (including phenoxy) is 1. The maximum Gasteiger partial charge on any atom is 0.433 e. The van der Waals surface area contributed by atoms with Gasteiger partial charge in [0.15, 0.2) is 5.69 Å². The lowest BCUT2D eigenvalue weighted by atomic mass is 9.98. The summed E-state index contributed by atoms with van der Waals surface area (Å²) in [6, 6.07) is 1.03. The summed E-state index contributed by atoms with van der Waals surface area (Å²) in [6.07, 6.45) is -4.80. The van der Waals surface area contributed by atoms with Crippen LogP contribution in [0.1, 0.15) is 28.5 Å². The minimum atomic E-state index is -4.80. The lowest BCUT2D eigenvalue weighted by Gasteiger charge is -2.16. The van der Waals surface area contributed by atoms with Crippen molar-refractivity contribution < 1.29 is 35.9 Å². The van der Waals surface area contributed by atoms with E-state index in [4.69, 9.17) is 0 Å². The lowest BCUT2D eigenvalue weighted by molar-refractivity contribution is -0.141. The zero-order valence-electron chi connectivity index (χ0n) is 12.6. The summed E-state index contributed by atoms with van der Waals surface area (Å²) in [5, 5.41) is 0. The molecule has 0 aliphatic heterocycles. The number of benzene rings is 1. The number of nitrogens with zero attached hydrogens (tertiary/aromatic N) is 1. The summed E-state index contributed by atoms with van der Waals surface area (Å²) in [7, 11) is 0.925. The van der Waals surface area contributed by atoms with E-state index in [1.54, 1.807) is 0 Å². The van der Waals surface area contributed by atoms with E-state index in [-0.39, 0.29) is 0 Å². The molecule has 0 amide bonds. The predicted octanol–water partition coefficient (Wildman–Crippen LogP) is 4.90. The van der Waals surface area contributed by atoms with Crippen molar-refractivity contribution >= 4 is 21.9 Å². The molecule has 0 fully saturated rings. The van der Waals surface area contributed by atoms with Gasteiger partial charge in [0, 0.05) is 12.5 Å². The van der Waals surface area contributed by atoms with Gasteiger partial charge in [-0.15, -0.1) is 0 Å². The molecular weight excluding hydrogens is 422 g/mol. The molecule has 0 radical (unpaired) electrons. The van der Waals surface area contributed by atoms with Gasteiger partial charge in [0.2, 0.25) is 0 Å². The second kappa shape index (κ2) is 6.36. The molecule has 0 aliphatic rings. The molecule has 0 atom stereocenters. The monoisotopic (exact) mass is 430 g/mol. The number of methoxy groups -OCH3 is 1. The highest BCUT2D eigenvalue weighted by Crippen LogP contribution is 2.38. The van der Waals surface area contributed by atoms with Crippen molar-refractivity contribution in [1.29, 1.82) is 0 Å². The van der Waals surface area contributed by atoms with Gasteiger partial charge < -0.3 is 9.72 Å². The first kappa shape index (κ1) is 19.3. The number of nitrogens with one attached hydrogen (secondary N) is 1. The van der Waals surface area contributed by atoms with Crippen LogP contribution in [-0.2, 0) is 16.8 Å². The number of H-pyrrole nitrogens is 1. The fraction of sp³-hybridized carbons (Fsp3) is 0.286. The molecule has 1 N–H and O–H groups in total. The Bertz CT molecular complexity index is 826. The Kier molecular flexibility index (Phi) is 4.90. The number of alkyl halides is 5. The van der Waals surface area contributed by atoms with Gasteiger partial charge in [0.05, 0.1) is 18.2 Å². The smallest absolute Gasteiger partial charge is 0.433 e. The topological polar surface area (TPSA) is 55.0 Å². The minimum absolute atomic E-state index is 0.366. The largest absolute Gasteiger partial charge is 0.465 e. The number of rotatable bonds is 3. The molecule has 0 spiro atoms. The fourth-order valence-electron chi connectivity index (χ4n) is 2.06. The Hall–Kier alpha value is -2.04. The molecule has 136 valence electrons. The van der Waals surface area contributed by atoms with Crippen molar-refractivity contribution in [2.75, 3.05) is 7.11 Å². The predicted molar refractivity (Wildman–Crippen MR) is 77.6 cm³/mol. The lowest BCUT2D eigenvalue weighted by Crippen LogP contribution is -2.16. The Morgan fingerprint density at radius 2 is 1.84 bits per heavy atom. The number of aromatic nitrogens is 2. The third-order valence-electron chi connectivity index (χ3n) is 3.18. The summed E-state index contributed by atoms with van der Waals surface area (Å²) < 4.78 is 83.5. The van der Waals surface area contributed by atoms with Crippen LogP contribution in [0, 0.1) is 5.82 Å². The molecule has 1 aromatic heterocycles. The second-order valence-corrected chi connectivity index (χ2v) is 5.76. The number of carbonyl (C=O) groups is 1. The van der Waals surface area contributed by atoms with Crippen LogP contribution in [0.3, 0.4) is 0 Å². The normalized spacial score (nSPS) is 12.4. The number of hydrogen-bond acceptors (Lipinski definition) is 3. The van der Waals surface area contributed by atoms with Crippen LogP contribution >= 0.6 is 15.9 Å². The highest BCUT2D eigenvalue weighted by Gasteiger charge is 2.37. The summed E-state index contributed by atoms with van der Waals surface area (Å²) in [5.41, 5.74) is -3.52. The molecule has 0 saturated carbocycles. The number of halogens is 7. The van der Waals surface area contributed by atoms with Crippen molar-refractivity contribution in [3.05, 3.63) is 39.4 Å². The standard InChI is InChI=1S/C14H9BrF6N2O2/c1-13(17,18)7-4-8(16)6(3-5(7)12(24)25-2)11-22-9(10(15)23-11)14(19,20)21/h3-4H,1-2H3,(H,22,23). The van der Waals surface area contributed by atoms with Crippen LogP contribution in [-0.4, -0.2) is 23.0 Å². The molecule has 4 nitrogen and oxygen atoms in total. The van der Waals surface area contributed by atoms with Gasteiger partial charge >= 0.3 is 12.1 Å².